The molecule has 0 aliphatic carbocycles. The van der Waals surface area contributed by atoms with Crippen LogP contribution in [0.15, 0.2) is 22.7 Å². The first-order valence-electron chi connectivity index (χ1n) is 7.43. The lowest BCUT2D eigenvalue weighted by atomic mass is 10.1. The van der Waals surface area contributed by atoms with Crippen molar-refractivity contribution in [3.63, 3.8) is 0 Å². The normalized spacial score (nSPS) is 10.5. The van der Waals surface area contributed by atoms with Crippen LogP contribution in [0.5, 0.6) is 5.75 Å². The number of aromatic nitrogens is 1. The first-order valence-corrected chi connectivity index (χ1v) is 8.23. The molecule has 4 nitrogen and oxygen atoms in total. The average Bonchev–Trinajstić information content (AvgIpc) is 2.55. The zero-order valence-corrected chi connectivity index (χ0v) is 14.9. The van der Waals surface area contributed by atoms with Crippen molar-refractivity contribution in [2.75, 3.05) is 13.2 Å². The molecule has 7 heteroatoms. The van der Waals surface area contributed by atoms with Gasteiger partial charge in [-0.1, -0.05) is 0 Å². The molecule has 0 bridgehead atoms. The van der Waals surface area contributed by atoms with Crippen LogP contribution in [0.25, 0.3) is 11.3 Å². The van der Waals surface area contributed by atoms with Gasteiger partial charge in [-0.2, -0.15) is 0 Å². The fourth-order valence-corrected chi connectivity index (χ4v) is 2.68. The third-order valence-electron chi connectivity index (χ3n) is 3.40. The van der Waals surface area contributed by atoms with Crippen molar-refractivity contribution in [3.8, 4) is 17.0 Å². The predicted molar refractivity (Wildman–Crippen MR) is 91.0 cm³/mol. The Hall–Kier alpha value is -2.02. The molecule has 0 unspecified atom stereocenters. The van der Waals surface area contributed by atoms with Crippen molar-refractivity contribution in [1.82, 2.24) is 10.3 Å². The average molecular weight is 399 g/mol. The number of ether oxygens (including phenoxy) is 1. The Bertz CT molecular complexity index is 754. The fourth-order valence-electron chi connectivity index (χ4n) is 2.33. The SMILES string of the molecule is CCOc1c(C)cc(CCNC=O)nc1-c1ccc(F)c(Br)c1F. The first kappa shape index (κ1) is 18.3. The molecule has 0 saturated carbocycles. The monoisotopic (exact) mass is 398 g/mol. The van der Waals surface area contributed by atoms with Crippen LogP contribution in [0.1, 0.15) is 18.2 Å². The van der Waals surface area contributed by atoms with E-state index in [1.54, 1.807) is 0 Å². The van der Waals surface area contributed by atoms with Gasteiger partial charge in [0.05, 0.1) is 11.1 Å². The lowest BCUT2D eigenvalue weighted by Crippen LogP contribution is -2.15. The van der Waals surface area contributed by atoms with Gasteiger partial charge in [0.25, 0.3) is 0 Å². The van der Waals surface area contributed by atoms with Gasteiger partial charge in [-0.15, -0.1) is 0 Å². The topological polar surface area (TPSA) is 51.2 Å². The second-order valence-electron chi connectivity index (χ2n) is 5.09. The van der Waals surface area contributed by atoms with Crippen molar-refractivity contribution in [1.29, 1.82) is 0 Å². The second-order valence-corrected chi connectivity index (χ2v) is 5.88. The molecule has 2 aromatic rings. The first-order chi connectivity index (χ1) is 11.5. The Morgan fingerprint density at radius 2 is 2.12 bits per heavy atom. The molecule has 24 heavy (non-hydrogen) atoms. The summed E-state index contributed by atoms with van der Waals surface area (Å²) < 4.78 is 33.4. The van der Waals surface area contributed by atoms with Gasteiger partial charge in [0.1, 0.15) is 23.1 Å². The summed E-state index contributed by atoms with van der Waals surface area (Å²) >= 11 is 2.91. The summed E-state index contributed by atoms with van der Waals surface area (Å²) in [7, 11) is 0. The number of aryl methyl sites for hydroxylation is 1. The standard InChI is InChI=1S/C17H17BrF2N2O2/c1-3-24-17-10(2)8-11(6-7-21-9-23)22-16(17)12-4-5-13(19)14(18)15(12)20/h4-5,8-9H,3,6-7H2,1-2H3,(H,21,23). The van der Waals surface area contributed by atoms with Crippen molar-refractivity contribution in [2.24, 2.45) is 0 Å². The van der Waals surface area contributed by atoms with Crippen LogP contribution in [0.3, 0.4) is 0 Å². The Labute approximate surface area is 147 Å². The van der Waals surface area contributed by atoms with E-state index < -0.39 is 11.6 Å². The highest BCUT2D eigenvalue weighted by molar-refractivity contribution is 9.10. The van der Waals surface area contributed by atoms with Gasteiger partial charge in [-0.05, 0) is 53.5 Å². The number of amides is 1. The lowest BCUT2D eigenvalue weighted by Gasteiger charge is -2.15. The van der Waals surface area contributed by atoms with Crippen molar-refractivity contribution in [2.45, 2.75) is 20.3 Å². The predicted octanol–water partition coefficient (Wildman–Crippen LogP) is 3.78. The molecule has 0 saturated heterocycles. The molecule has 128 valence electrons. The van der Waals surface area contributed by atoms with Crippen molar-refractivity contribution >= 4 is 22.3 Å². The summed E-state index contributed by atoms with van der Waals surface area (Å²) in [6.07, 6.45) is 1.10. The van der Waals surface area contributed by atoms with E-state index in [4.69, 9.17) is 4.74 Å². The summed E-state index contributed by atoms with van der Waals surface area (Å²) in [6, 6.07) is 4.35. The quantitative estimate of drug-likeness (QED) is 0.438. The minimum absolute atomic E-state index is 0.153. The molecule has 0 spiro atoms. The number of benzene rings is 1. The second kappa shape index (κ2) is 8.19. The van der Waals surface area contributed by atoms with Gasteiger partial charge in [-0.25, -0.2) is 13.8 Å². The number of hydrogen-bond acceptors (Lipinski definition) is 3. The maximum absolute atomic E-state index is 14.5. The van der Waals surface area contributed by atoms with Crippen LogP contribution in [-0.2, 0) is 11.2 Å². The molecule has 0 aliphatic rings. The molecule has 1 aromatic carbocycles. The summed E-state index contributed by atoms with van der Waals surface area (Å²) in [5.41, 5.74) is 1.94. The van der Waals surface area contributed by atoms with E-state index in [0.29, 0.717) is 43.1 Å². The molecule has 1 heterocycles. The largest absolute Gasteiger partial charge is 0.491 e. The number of rotatable bonds is 7. The Kier molecular flexibility index (Phi) is 6.25. The molecular formula is C17H17BrF2N2O2. The molecular weight excluding hydrogens is 382 g/mol. The minimum atomic E-state index is -0.731. The Balaban J connectivity index is 2.56. The van der Waals surface area contributed by atoms with Gasteiger partial charge in [-0.3, -0.25) is 4.79 Å². The van der Waals surface area contributed by atoms with E-state index in [1.807, 2.05) is 19.9 Å². The van der Waals surface area contributed by atoms with Crippen LogP contribution in [0.4, 0.5) is 8.78 Å². The molecule has 1 aromatic heterocycles. The zero-order valence-electron chi connectivity index (χ0n) is 13.3. The van der Waals surface area contributed by atoms with E-state index in [1.165, 1.54) is 12.1 Å². The molecule has 2 rings (SSSR count). The number of halogens is 3. The summed E-state index contributed by atoms with van der Waals surface area (Å²) in [6.45, 7) is 4.47. The summed E-state index contributed by atoms with van der Waals surface area (Å²) in [4.78, 5) is 14.8. The van der Waals surface area contributed by atoms with Gasteiger partial charge < -0.3 is 10.1 Å². The van der Waals surface area contributed by atoms with Crippen LogP contribution in [0.2, 0.25) is 0 Å². The zero-order chi connectivity index (χ0) is 17.7. The summed E-state index contributed by atoms with van der Waals surface area (Å²) in [5, 5.41) is 2.56. The van der Waals surface area contributed by atoms with Crippen molar-refractivity contribution in [3.05, 3.63) is 45.6 Å². The van der Waals surface area contributed by atoms with E-state index in [2.05, 4.69) is 26.2 Å². The van der Waals surface area contributed by atoms with Crippen LogP contribution in [0, 0.1) is 18.6 Å². The Morgan fingerprint density at radius 1 is 1.38 bits per heavy atom. The van der Waals surface area contributed by atoms with Gasteiger partial charge in [0.15, 0.2) is 0 Å². The minimum Gasteiger partial charge on any atom is -0.491 e. The van der Waals surface area contributed by atoms with Crippen LogP contribution in [-0.4, -0.2) is 24.5 Å². The number of pyridine rings is 1. The van der Waals surface area contributed by atoms with Crippen molar-refractivity contribution < 1.29 is 18.3 Å². The number of carbonyl (C=O) groups is 1. The molecule has 0 radical (unpaired) electrons. The third-order valence-corrected chi connectivity index (χ3v) is 4.13. The van der Waals surface area contributed by atoms with E-state index in [0.717, 1.165) is 5.56 Å². The fraction of sp³-hybridized carbons (Fsp3) is 0.294. The van der Waals surface area contributed by atoms with Gasteiger partial charge in [0.2, 0.25) is 6.41 Å². The molecule has 1 amide bonds. The molecule has 0 aliphatic heterocycles. The maximum Gasteiger partial charge on any atom is 0.207 e. The van der Waals surface area contributed by atoms with Crippen LogP contribution >= 0.6 is 15.9 Å². The highest BCUT2D eigenvalue weighted by Crippen LogP contribution is 2.36. The number of nitrogens with zero attached hydrogens (tertiary/aromatic N) is 1. The van der Waals surface area contributed by atoms with E-state index >= 15 is 0 Å². The Morgan fingerprint density at radius 3 is 2.79 bits per heavy atom. The smallest absolute Gasteiger partial charge is 0.207 e. The molecule has 1 N–H and O–H groups in total. The summed E-state index contributed by atoms with van der Waals surface area (Å²) in [5.74, 6) is -0.953. The van der Waals surface area contributed by atoms with Crippen LogP contribution < -0.4 is 10.1 Å². The molecule has 0 fully saturated rings. The maximum atomic E-state index is 14.5. The lowest BCUT2D eigenvalue weighted by molar-refractivity contribution is -0.109. The number of carbonyl (C=O) groups excluding carboxylic acids is 1. The van der Waals surface area contributed by atoms with E-state index in [9.17, 15) is 13.6 Å². The third kappa shape index (κ3) is 3.90. The molecule has 0 atom stereocenters. The highest BCUT2D eigenvalue weighted by atomic mass is 79.9. The number of nitrogens with one attached hydrogen (secondary N) is 1. The number of hydrogen-bond donors (Lipinski definition) is 1. The van der Waals surface area contributed by atoms with E-state index in [-0.39, 0.29) is 10.0 Å². The van der Waals surface area contributed by atoms with Gasteiger partial charge >= 0.3 is 0 Å². The van der Waals surface area contributed by atoms with Gasteiger partial charge in [0, 0.05) is 24.2 Å². The highest BCUT2D eigenvalue weighted by Gasteiger charge is 2.19.